The number of benzene rings is 2. The lowest BCUT2D eigenvalue weighted by atomic mass is 9.95. The minimum absolute atomic E-state index is 0.0881. The molecule has 172 valence electrons. The molecule has 0 saturated heterocycles. The van der Waals surface area contributed by atoms with Gasteiger partial charge in [0.25, 0.3) is 0 Å². The second-order valence-corrected chi connectivity index (χ2v) is 8.57. The van der Waals surface area contributed by atoms with Gasteiger partial charge >= 0.3 is 0 Å². The molecule has 1 aliphatic carbocycles. The number of aromatic nitrogens is 4. The summed E-state index contributed by atoms with van der Waals surface area (Å²) in [6.45, 7) is 5.74. The van der Waals surface area contributed by atoms with Gasteiger partial charge in [-0.15, -0.1) is 0 Å². The van der Waals surface area contributed by atoms with Crippen LogP contribution in [0.15, 0.2) is 60.9 Å². The van der Waals surface area contributed by atoms with Gasteiger partial charge in [0.1, 0.15) is 29.5 Å². The Labute approximate surface area is 196 Å². The van der Waals surface area contributed by atoms with Gasteiger partial charge in [-0.1, -0.05) is 12.1 Å². The van der Waals surface area contributed by atoms with E-state index in [-0.39, 0.29) is 11.7 Å². The topological polar surface area (TPSA) is 81.9 Å². The molecule has 1 N–H and O–H groups in total. The predicted molar refractivity (Wildman–Crippen MR) is 126 cm³/mol. The average Bonchev–Trinajstić information content (AvgIpc) is 3.56. The summed E-state index contributed by atoms with van der Waals surface area (Å²) in [5.41, 5.74) is 2.85. The van der Waals surface area contributed by atoms with Crippen LogP contribution in [0.25, 0.3) is 5.82 Å². The van der Waals surface area contributed by atoms with Crippen molar-refractivity contribution in [2.24, 2.45) is 0 Å². The summed E-state index contributed by atoms with van der Waals surface area (Å²) in [5, 5.41) is 2.97. The van der Waals surface area contributed by atoms with Gasteiger partial charge in [0.2, 0.25) is 11.8 Å². The van der Waals surface area contributed by atoms with E-state index >= 15 is 0 Å². The first-order valence-electron chi connectivity index (χ1n) is 11.1. The van der Waals surface area contributed by atoms with Crippen LogP contribution in [0.2, 0.25) is 0 Å². The zero-order valence-corrected chi connectivity index (χ0v) is 19.2. The molecule has 1 fully saturated rings. The normalized spacial score (nSPS) is 14.0. The Bertz CT molecular complexity index is 1360. The summed E-state index contributed by atoms with van der Waals surface area (Å²) in [7, 11) is 0. The van der Waals surface area contributed by atoms with Crippen LogP contribution < -0.4 is 10.1 Å². The molecule has 4 aromatic rings. The molecular formula is C26H24FN5O2. The number of carbonyl (C=O) groups excluding carboxylic acids is 1. The van der Waals surface area contributed by atoms with Crippen molar-refractivity contribution in [2.75, 3.05) is 5.32 Å². The number of anilines is 1. The van der Waals surface area contributed by atoms with Gasteiger partial charge < -0.3 is 10.1 Å². The number of hydrogen-bond acceptors (Lipinski definition) is 5. The van der Waals surface area contributed by atoms with E-state index < -0.39 is 5.41 Å². The Morgan fingerprint density at radius 1 is 1.03 bits per heavy atom. The van der Waals surface area contributed by atoms with Crippen molar-refractivity contribution in [3.63, 3.8) is 0 Å². The molecule has 0 radical (unpaired) electrons. The summed E-state index contributed by atoms with van der Waals surface area (Å²) in [6, 6.07) is 15.0. The Balaban J connectivity index is 1.29. The van der Waals surface area contributed by atoms with Crippen molar-refractivity contribution < 1.29 is 13.9 Å². The standard InChI is InChI=1S/C26H24FN5O2/c1-16-17(2)32(15-28-16)23-14-24(30-18(3)29-23)34-22-10-8-21(9-11-22)31-25(33)26(12-13-26)19-4-6-20(27)7-5-19/h4-11,14-15H,12-13H2,1-3H3,(H,31,33). The molecule has 0 bridgehead atoms. The van der Waals surface area contributed by atoms with Gasteiger partial charge in [-0.3, -0.25) is 9.36 Å². The highest BCUT2D eigenvalue weighted by Crippen LogP contribution is 2.49. The molecule has 5 rings (SSSR count). The van der Waals surface area contributed by atoms with Gasteiger partial charge in [-0.05, 0) is 75.6 Å². The van der Waals surface area contributed by atoms with Crippen molar-refractivity contribution >= 4 is 11.6 Å². The number of halogens is 1. The maximum atomic E-state index is 13.3. The Kier molecular flexibility index (Phi) is 5.36. The van der Waals surface area contributed by atoms with E-state index in [9.17, 15) is 9.18 Å². The number of rotatable bonds is 6. The highest BCUT2D eigenvalue weighted by atomic mass is 19.1. The number of hydrogen-bond donors (Lipinski definition) is 1. The maximum absolute atomic E-state index is 13.3. The summed E-state index contributed by atoms with van der Waals surface area (Å²) < 4.78 is 21.1. The van der Waals surface area contributed by atoms with Crippen LogP contribution in [0.1, 0.15) is 35.6 Å². The molecule has 0 atom stereocenters. The SMILES string of the molecule is Cc1nc(Oc2ccc(NC(=O)C3(c4ccc(F)cc4)CC3)cc2)cc(-n2cnc(C)c2C)n1. The van der Waals surface area contributed by atoms with Crippen LogP contribution >= 0.6 is 0 Å². The summed E-state index contributed by atoms with van der Waals surface area (Å²) >= 11 is 0. The Morgan fingerprint density at radius 2 is 1.74 bits per heavy atom. The minimum atomic E-state index is -0.582. The smallest absolute Gasteiger partial charge is 0.235 e. The largest absolute Gasteiger partial charge is 0.439 e. The number of nitrogens with one attached hydrogen (secondary N) is 1. The highest BCUT2D eigenvalue weighted by Gasteiger charge is 2.51. The monoisotopic (exact) mass is 457 g/mol. The fraction of sp³-hybridized carbons (Fsp3) is 0.231. The first-order chi connectivity index (χ1) is 16.3. The first kappa shape index (κ1) is 21.8. The zero-order valence-electron chi connectivity index (χ0n) is 19.2. The van der Waals surface area contributed by atoms with E-state index in [0.717, 1.165) is 29.8 Å². The van der Waals surface area contributed by atoms with Crippen molar-refractivity contribution in [1.29, 1.82) is 0 Å². The second kappa shape index (κ2) is 8.37. The highest BCUT2D eigenvalue weighted by molar-refractivity contribution is 6.01. The van der Waals surface area contributed by atoms with E-state index in [1.54, 1.807) is 48.8 Å². The number of ether oxygens (including phenoxy) is 1. The molecule has 0 aliphatic heterocycles. The van der Waals surface area contributed by atoms with E-state index in [1.165, 1.54) is 12.1 Å². The third-order valence-corrected chi connectivity index (χ3v) is 6.22. The number of carbonyl (C=O) groups is 1. The average molecular weight is 458 g/mol. The molecule has 0 spiro atoms. The van der Waals surface area contributed by atoms with E-state index in [1.807, 2.05) is 25.3 Å². The van der Waals surface area contributed by atoms with Crippen molar-refractivity contribution in [3.8, 4) is 17.4 Å². The van der Waals surface area contributed by atoms with E-state index in [4.69, 9.17) is 4.74 Å². The molecule has 34 heavy (non-hydrogen) atoms. The quantitative estimate of drug-likeness (QED) is 0.431. The molecule has 1 saturated carbocycles. The van der Waals surface area contributed by atoms with Crippen LogP contribution in [0.3, 0.4) is 0 Å². The van der Waals surface area contributed by atoms with Crippen LogP contribution in [-0.2, 0) is 10.2 Å². The van der Waals surface area contributed by atoms with Crippen molar-refractivity contribution in [3.05, 3.63) is 89.5 Å². The third-order valence-electron chi connectivity index (χ3n) is 6.22. The van der Waals surface area contributed by atoms with Crippen LogP contribution in [0.5, 0.6) is 11.6 Å². The van der Waals surface area contributed by atoms with E-state index in [2.05, 4.69) is 20.3 Å². The fourth-order valence-corrected chi connectivity index (χ4v) is 3.95. The zero-order chi connectivity index (χ0) is 23.9. The van der Waals surface area contributed by atoms with Crippen LogP contribution in [0.4, 0.5) is 10.1 Å². The maximum Gasteiger partial charge on any atom is 0.235 e. The lowest BCUT2D eigenvalue weighted by Gasteiger charge is -2.16. The Hall–Kier alpha value is -4.07. The molecule has 8 heteroatoms. The number of imidazole rings is 1. The molecular weight excluding hydrogens is 433 g/mol. The molecule has 7 nitrogen and oxygen atoms in total. The van der Waals surface area contributed by atoms with Crippen LogP contribution in [0, 0.1) is 26.6 Å². The van der Waals surface area contributed by atoms with Gasteiger partial charge in [0, 0.05) is 17.4 Å². The predicted octanol–water partition coefficient (Wildman–Crippen LogP) is 5.19. The lowest BCUT2D eigenvalue weighted by molar-refractivity contribution is -0.118. The third kappa shape index (κ3) is 4.14. The number of aryl methyl sites for hydroxylation is 2. The summed E-state index contributed by atoms with van der Waals surface area (Å²) in [6.07, 6.45) is 3.22. The number of amides is 1. The molecule has 1 aliphatic rings. The van der Waals surface area contributed by atoms with Gasteiger partial charge in [0.05, 0.1) is 11.1 Å². The second-order valence-electron chi connectivity index (χ2n) is 8.57. The molecule has 0 unspecified atom stereocenters. The van der Waals surface area contributed by atoms with Gasteiger partial charge in [-0.2, -0.15) is 4.98 Å². The summed E-state index contributed by atoms with van der Waals surface area (Å²) in [4.78, 5) is 26.1. The fourth-order valence-electron chi connectivity index (χ4n) is 3.95. The first-order valence-corrected chi connectivity index (χ1v) is 11.1. The van der Waals surface area contributed by atoms with Crippen molar-refractivity contribution in [2.45, 2.75) is 39.0 Å². The Morgan fingerprint density at radius 3 is 2.35 bits per heavy atom. The molecule has 2 aromatic carbocycles. The van der Waals surface area contributed by atoms with Crippen molar-refractivity contribution in [1.82, 2.24) is 19.5 Å². The van der Waals surface area contributed by atoms with Gasteiger partial charge in [-0.25, -0.2) is 14.4 Å². The van der Waals surface area contributed by atoms with Gasteiger partial charge in [0.15, 0.2) is 0 Å². The lowest BCUT2D eigenvalue weighted by Crippen LogP contribution is -2.27. The molecule has 2 aromatic heterocycles. The van der Waals surface area contributed by atoms with E-state index in [0.29, 0.717) is 29.0 Å². The molecule has 2 heterocycles. The molecule has 1 amide bonds. The summed E-state index contributed by atoms with van der Waals surface area (Å²) in [5.74, 6) is 1.86. The van der Waals surface area contributed by atoms with Crippen LogP contribution in [-0.4, -0.2) is 25.4 Å². The minimum Gasteiger partial charge on any atom is -0.439 e. The number of nitrogens with zero attached hydrogens (tertiary/aromatic N) is 4.